The quantitative estimate of drug-likeness (QED) is 0.768. The molecule has 1 saturated heterocycles. The lowest BCUT2D eigenvalue weighted by atomic mass is 9.82. The fourth-order valence-electron chi connectivity index (χ4n) is 4.67. The molecule has 0 aromatic heterocycles. The predicted octanol–water partition coefficient (Wildman–Crippen LogP) is 3.82. The lowest BCUT2D eigenvalue weighted by molar-refractivity contribution is -0.138. The lowest BCUT2D eigenvalue weighted by Gasteiger charge is -2.43. The van der Waals surface area contributed by atoms with Crippen LogP contribution in [0.4, 0.5) is 0 Å². The van der Waals surface area contributed by atoms with Gasteiger partial charge in [-0.3, -0.25) is 14.4 Å². The van der Waals surface area contributed by atoms with Crippen molar-refractivity contribution in [1.82, 2.24) is 9.80 Å². The first-order chi connectivity index (χ1) is 14.6. The number of carboxylic acids is 1. The molecule has 0 bridgehead atoms. The average Bonchev–Trinajstić information content (AvgIpc) is 2.95. The Hall–Kier alpha value is -3.15. The van der Waals surface area contributed by atoms with E-state index in [1.807, 2.05) is 57.2 Å². The van der Waals surface area contributed by atoms with Crippen LogP contribution in [0.15, 0.2) is 60.7 Å². The van der Waals surface area contributed by atoms with E-state index in [9.17, 15) is 19.5 Å². The number of benzene rings is 2. The number of aliphatic carboxylic acids is 1. The molecular weight excluding hydrogens is 392 g/mol. The molecular formula is C25H30N2O4. The van der Waals surface area contributed by atoms with Crippen molar-refractivity contribution >= 4 is 17.8 Å². The maximum absolute atomic E-state index is 13.8. The summed E-state index contributed by atoms with van der Waals surface area (Å²) >= 11 is 0. The van der Waals surface area contributed by atoms with Gasteiger partial charge in [-0.2, -0.15) is 0 Å². The molecule has 2 unspecified atom stereocenters. The van der Waals surface area contributed by atoms with E-state index in [0.29, 0.717) is 5.56 Å². The van der Waals surface area contributed by atoms with Crippen molar-refractivity contribution in [2.75, 3.05) is 7.05 Å². The van der Waals surface area contributed by atoms with Gasteiger partial charge in [0, 0.05) is 30.9 Å². The summed E-state index contributed by atoms with van der Waals surface area (Å²) in [6, 6.07) is 18.3. The van der Waals surface area contributed by atoms with Crippen LogP contribution in [-0.4, -0.2) is 51.4 Å². The molecule has 0 spiro atoms. The molecule has 1 fully saturated rings. The normalized spacial score (nSPS) is 21.4. The van der Waals surface area contributed by atoms with Gasteiger partial charge in [-0.05, 0) is 24.1 Å². The van der Waals surface area contributed by atoms with Crippen LogP contribution in [0.1, 0.15) is 49.5 Å². The molecule has 6 heteroatoms. The molecule has 1 heterocycles. The predicted molar refractivity (Wildman–Crippen MR) is 118 cm³/mol. The monoisotopic (exact) mass is 422 g/mol. The van der Waals surface area contributed by atoms with E-state index in [0.717, 1.165) is 5.56 Å². The van der Waals surface area contributed by atoms with Crippen LogP contribution in [-0.2, 0) is 16.0 Å². The number of hydrogen-bond donors (Lipinski definition) is 1. The van der Waals surface area contributed by atoms with E-state index in [-0.39, 0.29) is 31.1 Å². The van der Waals surface area contributed by atoms with Crippen molar-refractivity contribution in [3.05, 3.63) is 71.8 Å². The van der Waals surface area contributed by atoms with Gasteiger partial charge in [-0.1, -0.05) is 69.3 Å². The Morgan fingerprint density at radius 3 is 2.06 bits per heavy atom. The van der Waals surface area contributed by atoms with Crippen molar-refractivity contribution in [2.24, 2.45) is 5.41 Å². The van der Waals surface area contributed by atoms with E-state index in [4.69, 9.17) is 0 Å². The molecule has 2 aromatic rings. The SMILES string of the molecule is CN1C(=O)C(CCC(=O)O)(Cc2ccccc2)N(C(=O)c2ccccc2)C1C(C)(C)C. The number of carbonyl (C=O) groups is 3. The summed E-state index contributed by atoms with van der Waals surface area (Å²) in [6.45, 7) is 5.97. The fraction of sp³-hybridized carbons (Fsp3) is 0.400. The smallest absolute Gasteiger partial charge is 0.303 e. The summed E-state index contributed by atoms with van der Waals surface area (Å²) < 4.78 is 0. The van der Waals surface area contributed by atoms with Crippen LogP contribution >= 0.6 is 0 Å². The maximum atomic E-state index is 13.8. The van der Waals surface area contributed by atoms with Gasteiger partial charge in [0.1, 0.15) is 11.7 Å². The number of carboxylic acid groups (broad SMARTS) is 1. The van der Waals surface area contributed by atoms with E-state index in [2.05, 4.69) is 0 Å². The van der Waals surface area contributed by atoms with Gasteiger partial charge in [0.2, 0.25) is 5.91 Å². The van der Waals surface area contributed by atoms with Crippen molar-refractivity contribution in [3.63, 3.8) is 0 Å². The highest BCUT2D eigenvalue weighted by Crippen LogP contribution is 2.44. The van der Waals surface area contributed by atoms with Crippen molar-refractivity contribution in [1.29, 1.82) is 0 Å². The van der Waals surface area contributed by atoms with E-state index < -0.39 is 23.1 Å². The van der Waals surface area contributed by atoms with Gasteiger partial charge >= 0.3 is 5.97 Å². The van der Waals surface area contributed by atoms with Gasteiger partial charge in [-0.15, -0.1) is 0 Å². The van der Waals surface area contributed by atoms with Crippen LogP contribution in [0.2, 0.25) is 0 Å². The maximum Gasteiger partial charge on any atom is 0.303 e. The van der Waals surface area contributed by atoms with Crippen LogP contribution < -0.4 is 0 Å². The Bertz CT molecular complexity index is 952. The van der Waals surface area contributed by atoms with E-state index >= 15 is 0 Å². The standard InChI is InChI=1S/C25H30N2O4/c1-24(2,3)22-26(4)23(31)25(16-15-20(28)29,17-18-11-7-5-8-12-18)27(22)21(30)19-13-9-6-10-14-19/h5-14,22H,15-17H2,1-4H3,(H,28,29). The van der Waals surface area contributed by atoms with E-state index in [1.165, 1.54) is 0 Å². The number of amides is 2. The highest BCUT2D eigenvalue weighted by atomic mass is 16.4. The van der Waals surface area contributed by atoms with Gasteiger partial charge < -0.3 is 14.9 Å². The van der Waals surface area contributed by atoms with Gasteiger partial charge in [0.15, 0.2) is 0 Å². The number of carbonyl (C=O) groups excluding carboxylic acids is 2. The zero-order valence-electron chi connectivity index (χ0n) is 18.5. The van der Waals surface area contributed by atoms with Gasteiger partial charge in [0.25, 0.3) is 5.91 Å². The summed E-state index contributed by atoms with van der Waals surface area (Å²) in [6.07, 6.45) is -0.409. The molecule has 0 radical (unpaired) electrons. The van der Waals surface area contributed by atoms with Gasteiger partial charge in [-0.25, -0.2) is 0 Å². The molecule has 1 aliphatic rings. The molecule has 31 heavy (non-hydrogen) atoms. The topological polar surface area (TPSA) is 77.9 Å². The first-order valence-electron chi connectivity index (χ1n) is 10.5. The number of rotatable bonds is 6. The molecule has 0 saturated carbocycles. The summed E-state index contributed by atoms with van der Waals surface area (Å²) in [7, 11) is 1.71. The average molecular weight is 423 g/mol. The molecule has 164 valence electrons. The first-order valence-corrected chi connectivity index (χ1v) is 10.5. The van der Waals surface area contributed by atoms with Crippen molar-refractivity contribution in [3.8, 4) is 0 Å². The molecule has 2 amide bonds. The van der Waals surface area contributed by atoms with Crippen LogP contribution in [0.3, 0.4) is 0 Å². The highest BCUT2D eigenvalue weighted by Gasteiger charge is 2.60. The van der Waals surface area contributed by atoms with Crippen molar-refractivity contribution < 1.29 is 19.5 Å². The van der Waals surface area contributed by atoms with E-state index in [1.54, 1.807) is 41.1 Å². The first kappa shape index (κ1) is 22.5. The summed E-state index contributed by atoms with van der Waals surface area (Å²) in [5, 5.41) is 9.45. The van der Waals surface area contributed by atoms with Crippen LogP contribution in [0.5, 0.6) is 0 Å². The fourth-order valence-corrected chi connectivity index (χ4v) is 4.67. The lowest BCUT2D eigenvalue weighted by Crippen LogP contribution is -2.57. The zero-order chi connectivity index (χ0) is 22.8. The summed E-state index contributed by atoms with van der Waals surface area (Å²) in [5.41, 5.74) is -0.349. The second kappa shape index (κ2) is 8.53. The molecule has 2 atom stereocenters. The largest absolute Gasteiger partial charge is 0.481 e. The highest BCUT2D eigenvalue weighted by molar-refractivity contribution is 6.02. The van der Waals surface area contributed by atoms with Crippen molar-refractivity contribution in [2.45, 2.75) is 51.7 Å². The Kier molecular flexibility index (Phi) is 6.20. The minimum Gasteiger partial charge on any atom is -0.481 e. The van der Waals surface area contributed by atoms with Crippen LogP contribution in [0.25, 0.3) is 0 Å². The molecule has 0 aliphatic carbocycles. The molecule has 1 N–H and O–H groups in total. The Morgan fingerprint density at radius 2 is 1.55 bits per heavy atom. The van der Waals surface area contributed by atoms with Crippen LogP contribution in [0, 0.1) is 5.41 Å². The Balaban J connectivity index is 2.20. The number of likely N-dealkylation sites (N-methyl/N-ethyl adjacent to an activating group) is 1. The number of nitrogens with zero attached hydrogens (tertiary/aromatic N) is 2. The third kappa shape index (κ3) is 4.33. The Labute approximate surface area is 183 Å². The Morgan fingerprint density at radius 1 is 1.00 bits per heavy atom. The van der Waals surface area contributed by atoms with Gasteiger partial charge in [0.05, 0.1) is 0 Å². The second-order valence-corrected chi connectivity index (χ2v) is 9.28. The third-order valence-corrected chi connectivity index (χ3v) is 5.90. The molecule has 2 aromatic carbocycles. The zero-order valence-corrected chi connectivity index (χ0v) is 18.5. The number of hydrogen-bond acceptors (Lipinski definition) is 3. The summed E-state index contributed by atoms with van der Waals surface area (Å²) in [5.74, 6) is -1.48. The minimum atomic E-state index is -1.28. The molecule has 3 rings (SSSR count). The summed E-state index contributed by atoms with van der Waals surface area (Å²) in [4.78, 5) is 42.4. The molecule has 1 aliphatic heterocycles. The second-order valence-electron chi connectivity index (χ2n) is 9.28. The molecule has 6 nitrogen and oxygen atoms in total. The minimum absolute atomic E-state index is 0.0472. The third-order valence-electron chi connectivity index (χ3n) is 5.90.